The van der Waals surface area contributed by atoms with E-state index in [0.717, 1.165) is 13.0 Å². The van der Waals surface area contributed by atoms with Gasteiger partial charge in [0, 0.05) is 18.8 Å². The standard InChI is InChI=1S/C18H31NO/c20-17-13-8-6-4-2-1-3-5-7-12-16-19-18-14-10-9-11-15-18/h9-11,14-15,19-20H,1-8,12-13,16-17H2. The van der Waals surface area contributed by atoms with Crippen LogP contribution in [0.25, 0.3) is 0 Å². The van der Waals surface area contributed by atoms with E-state index in [2.05, 4.69) is 35.6 Å². The lowest BCUT2D eigenvalue weighted by Gasteiger charge is -2.06. The van der Waals surface area contributed by atoms with Crippen molar-refractivity contribution in [3.63, 3.8) is 0 Å². The summed E-state index contributed by atoms with van der Waals surface area (Å²) in [5, 5.41) is 12.1. The lowest BCUT2D eigenvalue weighted by molar-refractivity contribution is 0.282. The lowest BCUT2D eigenvalue weighted by atomic mass is 10.1. The monoisotopic (exact) mass is 277 g/mol. The second-order valence-electron chi connectivity index (χ2n) is 5.55. The molecule has 0 saturated carbocycles. The zero-order valence-electron chi connectivity index (χ0n) is 12.8. The van der Waals surface area contributed by atoms with Gasteiger partial charge in [0.15, 0.2) is 0 Å². The number of aliphatic hydroxyl groups is 1. The molecule has 114 valence electrons. The Bertz CT molecular complexity index is 300. The van der Waals surface area contributed by atoms with E-state index in [1.54, 1.807) is 0 Å². The fourth-order valence-electron chi connectivity index (χ4n) is 2.44. The number of anilines is 1. The second-order valence-corrected chi connectivity index (χ2v) is 5.55. The summed E-state index contributed by atoms with van der Waals surface area (Å²) >= 11 is 0. The minimum atomic E-state index is 0.358. The van der Waals surface area contributed by atoms with E-state index >= 15 is 0 Å². The highest BCUT2D eigenvalue weighted by molar-refractivity contribution is 5.42. The van der Waals surface area contributed by atoms with E-state index in [1.807, 2.05) is 0 Å². The van der Waals surface area contributed by atoms with Gasteiger partial charge in [-0.05, 0) is 25.0 Å². The third-order valence-corrected chi connectivity index (χ3v) is 3.69. The third-order valence-electron chi connectivity index (χ3n) is 3.69. The van der Waals surface area contributed by atoms with Crippen LogP contribution in [0.3, 0.4) is 0 Å². The number of hydrogen-bond donors (Lipinski definition) is 2. The second kappa shape index (κ2) is 13.0. The van der Waals surface area contributed by atoms with Crippen molar-refractivity contribution >= 4 is 5.69 Å². The highest BCUT2D eigenvalue weighted by Crippen LogP contribution is 2.11. The summed E-state index contributed by atoms with van der Waals surface area (Å²) in [6, 6.07) is 10.4. The molecule has 0 aliphatic heterocycles. The minimum absolute atomic E-state index is 0.358. The van der Waals surface area contributed by atoms with Gasteiger partial charge in [-0.2, -0.15) is 0 Å². The summed E-state index contributed by atoms with van der Waals surface area (Å²) in [6.07, 6.45) is 12.9. The maximum atomic E-state index is 8.68. The fraction of sp³-hybridized carbons (Fsp3) is 0.667. The van der Waals surface area contributed by atoms with Crippen LogP contribution in [-0.2, 0) is 0 Å². The smallest absolute Gasteiger partial charge is 0.0431 e. The molecule has 0 amide bonds. The summed E-state index contributed by atoms with van der Waals surface area (Å²) in [7, 11) is 0. The molecule has 0 aromatic heterocycles. The van der Waals surface area contributed by atoms with Crippen LogP contribution >= 0.6 is 0 Å². The molecule has 2 nitrogen and oxygen atoms in total. The van der Waals surface area contributed by atoms with Crippen molar-refractivity contribution in [1.82, 2.24) is 0 Å². The minimum Gasteiger partial charge on any atom is -0.396 e. The Morgan fingerprint density at radius 2 is 1.15 bits per heavy atom. The van der Waals surface area contributed by atoms with E-state index < -0.39 is 0 Å². The van der Waals surface area contributed by atoms with Crippen molar-refractivity contribution in [2.45, 2.75) is 64.2 Å². The molecule has 2 heteroatoms. The largest absolute Gasteiger partial charge is 0.396 e. The topological polar surface area (TPSA) is 32.3 Å². The molecular weight excluding hydrogens is 246 g/mol. The number of unbranched alkanes of at least 4 members (excludes halogenated alkanes) is 9. The predicted molar refractivity (Wildman–Crippen MR) is 88.2 cm³/mol. The zero-order valence-corrected chi connectivity index (χ0v) is 12.8. The summed E-state index contributed by atoms with van der Waals surface area (Å²) in [6.45, 7) is 1.45. The van der Waals surface area contributed by atoms with Crippen LogP contribution in [0, 0.1) is 0 Å². The van der Waals surface area contributed by atoms with Gasteiger partial charge < -0.3 is 10.4 Å². The van der Waals surface area contributed by atoms with Crippen LogP contribution in [0.15, 0.2) is 30.3 Å². The molecule has 0 bridgehead atoms. The first kappa shape index (κ1) is 17.0. The number of nitrogens with one attached hydrogen (secondary N) is 1. The van der Waals surface area contributed by atoms with Crippen molar-refractivity contribution in [3.8, 4) is 0 Å². The van der Waals surface area contributed by atoms with Crippen LogP contribution in [0.5, 0.6) is 0 Å². The first-order valence-electron chi connectivity index (χ1n) is 8.33. The van der Waals surface area contributed by atoms with E-state index in [9.17, 15) is 0 Å². The number of aliphatic hydroxyl groups excluding tert-OH is 1. The Morgan fingerprint density at radius 1 is 0.650 bits per heavy atom. The van der Waals surface area contributed by atoms with Gasteiger partial charge in [0.2, 0.25) is 0 Å². The maximum Gasteiger partial charge on any atom is 0.0431 e. The quantitative estimate of drug-likeness (QED) is 0.498. The molecule has 0 radical (unpaired) electrons. The molecule has 0 aliphatic carbocycles. The van der Waals surface area contributed by atoms with Gasteiger partial charge in [-0.1, -0.05) is 69.6 Å². The number of hydrogen-bond acceptors (Lipinski definition) is 2. The molecule has 2 N–H and O–H groups in total. The van der Waals surface area contributed by atoms with Crippen LogP contribution in [0.1, 0.15) is 64.2 Å². The Hall–Kier alpha value is -1.02. The Morgan fingerprint density at radius 3 is 1.70 bits per heavy atom. The molecule has 20 heavy (non-hydrogen) atoms. The fourth-order valence-corrected chi connectivity index (χ4v) is 2.44. The average Bonchev–Trinajstić information content (AvgIpc) is 2.49. The van der Waals surface area contributed by atoms with Gasteiger partial charge in [0.1, 0.15) is 0 Å². The SMILES string of the molecule is OCCCCCCCCCCCCNc1ccccc1. The van der Waals surface area contributed by atoms with Crippen molar-refractivity contribution in [3.05, 3.63) is 30.3 Å². The molecule has 0 heterocycles. The van der Waals surface area contributed by atoms with Crippen LogP contribution in [-0.4, -0.2) is 18.3 Å². The van der Waals surface area contributed by atoms with Crippen LogP contribution in [0.4, 0.5) is 5.69 Å². The molecule has 0 saturated heterocycles. The molecular formula is C18H31NO. The molecule has 0 aliphatic rings. The van der Waals surface area contributed by atoms with Gasteiger partial charge in [-0.3, -0.25) is 0 Å². The molecule has 1 rings (SSSR count). The summed E-state index contributed by atoms with van der Waals surface area (Å²) < 4.78 is 0. The van der Waals surface area contributed by atoms with E-state index in [1.165, 1.54) is 63.5 Å². The predicted octanol–water partition coefficient (Wildman–Crippen LogP) is 4.99. The first-order chi connectivity index (χ1) is 9.93. The van der Waals surface area contributed by atoms with E-state index in [4.69, 9.17) is 5.11 Å². The molecule has 0 atom stereocenters. The molecule has 0 unspecified atom stereocenters. The van der Waals surface area contributed by atoms with E-state index in [0.29, 0.717) is 6.61 Å². The molecule has 1 aromatic carbocycles. The number of para-hydroxylation sites is 1. The Balaban J connectivity index is 1.77. The summed E-state index contributed by atoms with van der Waals surface area (Å²) in [5.41, 5.74) is 1.23. The Kier molecular flexibility index (Phi) is 11.1. The van der Waals surface area contributed by atoms with Crippen molar-refractivity contribution in [1.29, 1.82) is 0 Å². The first-order valence-corrected chi connectivity index (χ1v) is 8.33. The Labute approximate surface area is 124 Å². The third kappa shape index (κ3) is 9.85. The maximum absolute atomic E-state index is 8.68. The summed E-state index contributed by atoms with van der Waals surface area (Å²) in [5.74, 6) is 0. The number of rotatable bonds is 13. The molecule has 1 aromatic rings. The van der Waals surface area contributed by atoms with Crippen molar-refractivity contribution in [2.75, 3.05) is 18.5 Å². The average molecular weight is 277 g/mol. The van der Waals surface area contributed by atoms with Gasteiger partial charge in [-0.15, -0.1) is 0 Å². The molecule has 0 spiro atoms. The van der Waals surface area contributed by atoms with Crippen LogP contribution in [0.2, 0.25) is 0 Å². The van der Waals surface area contributed by atoms with Crippen molar-refractivity contribution in [2.24, 2.45) is 0 Å². The highest BCUT2D eigenvalue weighted by Gasteiger charge is 1.93. The van der Waals surface area contributed by atoms with Gasteiger partial charge >= 0.3 is 0 Å². The van der Waals surface area contributed by atoms with E-state index in [-0.39, 0.29) is 0 Å². The molecule has 0 fully saturated rings. The van der Waals surface area contributed by atoms with Crippen molar-refractivity contribution < 1.29 is 5.11 Å². The highest BCUT2D eigenvalue weighted by atomic mass is 16.2. The van der Waals surface area contributed by atoms with Crippen LogP contribution < -0.4 is 5.32 Å². The normalized spacial score (nSPS) is 10.7. The lowest BCUT2D eigenvalue weighted by Crippen LogP contribution is -2.00. The van der Waals surface area contributed by atoms with Gasteiger partial charge in [0.25, 0.3) is 0 Å². The zero-order chi connectivity index (χ0) is 14.3. The van der Waals surface area contributed by atoms with Gasteiger partial charge in [0.05, 0.1) is 0 Å². The van der Waals surface area contributed by atoms with Gasteiger partial charge in [-0.25, -0.2) is 0 Å². The number of benzene rings is 1. The summed E-state index contributed by atoms with van der Waals surface area (Å²) in [4.78, 5) is 0.